The van der Waals surface area contributed by atoms with Crippen molar-refractivity contribution in [1.82, 2.24) is 9.88 Å². The maximum absolute atomic E-state index is 12.9. The van der Waals surface area contributed by atoms with Gasteiger partial charge in [-0.2, -0.15) is 0 Å². The highest BCUT2D eigenvalue weighted by Crippen LogP contribution is 2.42. The first-order chi connectivity index (χ1) is 11.4. The van der Waals surface area contributed by atoms with Gasteiger partial charge in [-0.05, 0) is 43.7 Å². The van der Waals surface area contributed by atoms with Crippen LogP contribution in [0.15, 0.2) is 16.9 Å². The maximum atomic E-state index is 12.9. The molecule has 1 saturated carbocycles. The second-order valence-corrected chi connectivity index (χ2v) is 7.27. The van der Waals surface area contributed by atoms with Gasteiger partial charge in [0, 0.05) is 19.3 Å². The molecule has 1 aliphatic carbocycles. The molecule has 1 saturated heterocycles. The van der Waals surface area contributed by atoms with Crippen LogP contribution >= 0.6 is 0 Å². The summed E-state index contributed by atoms with van der Waals surface area (Å²) >= 11 is 0. The van der Waals surface area contributed by atoms with Crippen molar-refractivity contribution in [3.8, 4) is 0 Å². The Bertz CT molecular complexity index is 684. The van der Waals surface area contributed by atoms with Crippen LogP contribution in [0.25, 0.3) is 0 Å². The highest BCUT2D eigenvalue weighted by molar-refractivity contribution is 5.94. The molecule has 0 spiro atoms. The highest BCUT2D eigenvalue weighted by atomic mass is 16.5. The molecular weight excluding hydrogens is 308 g/mol. The van der Waals surface area contributed by atoms with Crippen molar-refractivity contribution in [3.05, 3.63) is 33.7 Å². The lowest BCUT2D eigenvalue weighted by atomic mass is 9.79. The van der Waals surface area contributed by atoms with Crippen LogP contribution in [0.2, 0.25) is 0 Å². The summed E-state index contributed by atoms with van der Waals surface area (Å²) in [7, 11) is 1.67. The van der Waals surface area contributed by atoms with Gasteiger partial charge in [-0.15, -0.1) is 0 Å². The molecule has 1 aromatic heterocycles. The van der Waals surface area contributed by atoms with E-state index >= 15 is 0 Å². The van der Waals surface area contributed by atoms with Gasteiger partial charge in [-0.25, -0.2) is 0 Å². The van der Waals surface area contributed by atoms with Gasteiger partial charge in [0.2, 0.25) is 0 Å². The van der Waals surface area contributed by atoms with Gasteiger partial charge in [-0.1, -0.05) is 13.8 Å². The average molecular weight is 334 g/mol. The van der Waals surface area contributed by atoms with Crippen molar-refractivity contribution in [2.45, 2.75) is 63.2 Å². The summed E-state index contributed by atoms with van der Waals surface area (Å²) in [4.78, 5) is 29.8. The minimum Gasteiger partial charge on any atom is -0.393 e. The summed E-state index contributed by atoms with van der Waals surface area (Å²) in [5.41, 5.74) is 0.237. The third-order valence-electron chi connectivity index (χ3n) is 5.61. The number of hydrogen-bond acceptors (Lipinski definition) is 4. The lowest BCUT2D eigenvalue weighted by molar-refractivity contribution is -0.0824. The first kappa shape index (κ1) is 17.2. The van der Waals surface area contributed by atoms with Crippen LogP contribution in [0.4, 0.5) is 0 Å². The number of fused-ring (bicyclic) bond motifs is 1. The Morgan fingerprint density at radius 2 is 2.17 bits per heavy atom. The number of hydrogen-bond donors (Lipinski definition) is 2. The molecule has 2 heterocycles. The van der Waals surface area contributed by atoms with Crippen LogP contribution in [0, 0.1) is 0 Å². The van der Waals surface area contributed by atoms with E-state index in [1.807, 2.05) is 13.8 Å². The smallest absolute Gasteiger partial charge is 0.261 e. The molecule has 2 aliphatic rings. The average Bonchev–Trinajstić information content (AvgIpc) is 2.93. The Hall–Kier alpha value is -1.66. The summed E-state index contributed by atoms with van der Waals surface area (Å²) in [5.74, 6) is -0.0761. The van der Waals surface area contributed by atoms with Gasteiger partial charge < -0.3 is 19.7 Å². The number of ether oxygens (including phenoxy) is 1. The molecule has 1 aromatic rings. The third kappa shape index (κ3) is 2.78. The zero-order valence-corrected chi connectivity index (χ0v) is 14.5. The lowest BCUT2D eigenvalue weighted by Gasteiger charge is -2.42. The van der Waals surface area contributed by atoms with E-state index in [0.717, 1.165) is 18.5 Å². The van der Waals surface area contributed by atoms with E-state index in [2.05, 4.69) is 4.98 Å². The summed E-state index contributed by atoms with van der Waals surface area (Å²) in [6.07, 6.45) is 2.25. The Labute approximate surface area is 141 Å². The third-order valence-corrected chi connectivity index (χ3v) is 5.61. The van der Waals surface area contributed by atoms with Crippen molar-refractivity contribution in [3.63, 3.8) is 0 Å². The number of aliphatic hydroxyl groups is 1. The molecule has 6 nitrogen and oxygen atoms in total. The first-order valence-electron chi connectivity index (χ1n) is 8.65. The number of nitrogens with zero attached hydrogens (tertiary/aromatic N) is 1. The zero-order valence-electron chi connectivity index (χ0n) is 14.5. The first-order valence-corrected chi connectivity index (χ1v) is 8.65. The Balaban J connectivity index is 1.89. The number of nitrogens with one attached hydrogen (secondary N) is 1. The number of H-pyrrole nitrogens is 1. The quantitative estimate of drug-likeness (QED) is 0.880. The summed E-state index contributed by atoms with van der Waals surface area (Å²) in [6.45, 7) is 4.53. The molecule has 0 unspecified atom stereocenters. The largest absolute Gasteiger partial charge is 0.393 e. The second kappa shape index (κ2) is 6.33. The molecule has 0 aromatic carbocycles. The topological polar surface area (TPSA) is 82.6 Å². The van der Waals surface area contributed by atoms with Crippen molar-refractivity contribution < 1.29 is 14.6 Å². The molecule has 0 bridgehead atoms. The summed E-state index contributed by atoms with van der Waals surface area (Å²) in [5, 5.41) is 10.0. The van der Waals surface area contributed by atoms with E-state index in [-0.39, 0.29) is 34.6 Å². The highest BCUT2D eigenvalue weighted by Gasteiger charge is 2.52. The second-order valence-electron chi connectivity index (χ2n) is 7.27. The number of aliphatic hydroxyl groups excluding tert-OH is 1. The van der Waals surface area contributed by atoms with Crippen molar-refractivity contribution in [2.75, 3.05) is 13.7 Å². The number of methoxy groups -OCH3 is 1. The number of aromatic nitrogens is 1. The molecule has 2 fully saturated rings. The Morgan fingerprint density at radius 3 is 2.79 bits per heavy atom. The predicted molar refractivity (Wildman–Crippen MR) is 90.2 cm³/mol. The molecule has 1 aliphatic heterocycles. The zero-order chi connectivity index (χ0) is 17.5. The van der Waals surface area contributed by atoms with Crippen LogP contribution in [0.3, 0.4) is 0 Å². The number of aromatic amines is 1. The number of likely N-dealkylation sites (tertiary alicyclic amines) is 1. The number of rotatable bonds is 3. The van der Waals surface area contributed by atoms with Crippen molar-refractivity contribution in [2.24, 2.45) is 0 Å². The minimum absolute atomic E-state index is 0.159. The van der Waals surface area contributed by atoms with Gasteiger partial charge in [0.05, 0.1) is 17.7 Å². The molecule has 2 N–H and O–H groups in total. The van der Waals surface area contributed by atoms with E-state index in [9.17, 15) is 14.7 Å². The Kier molecular flexibility index (Phi) is 4.53. The number of pyridine rings is 1. The summed E-state index contributed by atoms with van der Waals surface area (Å²) < 4.78 is 5.76. The van der Waals surface area contributed by atoms with Crippen LogP contribution in [-0.4, -0.2) is 52.3 Å². The van der Waals surface area contributed by atoms with Crippen LogP contribution in [0.5, 0.6) is 0 Å². The Morgan fingerprint density at radius 1 is 1.42 bits per heavy atom. The molecular formula is C18H26N2O4. The maximum Gasteiger partial charge on any atom is 0.261 e. The molecule has 3 rings (SSSR count). The van der Waals surface area contributed by atoms with Crippen LogP contribution in [0.1, 0.15) is 61.5 Å². The molecule has 1 amide bonds. The van der Waals surface area contributed by atoms with Gasteiger partial charge in [-0.3, -0.25) is 9.59 Å². The fraction of sp³-hybridized carbons (Fsp3) is 0.667. The van der Waals surface area contributed by atoms with Gasteiger partial charge in [0.15, 0.2) is 0 Å². The normalized spacial score (nSPS) is 29.8. The fourth-order valence-electron chi connectivity index (χ4n) is 4.07. The van der Waals surface area contributed by atoms with Crippen molar-refractivity contribution >= 4 is 5.91 Å². The SMILES string of the molecule is CO[C@@]12CC[C@H](O)C[C@@H]1N(C(=O)c1ccc(C(C)C)[nH]c1=O)CC2. The van der Waals surface area contributed by atoms with E-state index in [1.54, 1.807) is 24.1 Å². The fourth-order valence-corrected chi connectivity index (χ4v) is 4.07. The number of carbonyl (C=O) groups is 1. The molecule has 3 atom stereocenters. The molecule has 132 valence electrons. The number of amides is 1. The number of carbonyl (C=O) groups excluding carboxylic acids is 1. The standard InChI is InChI=1S/C18H26N2O4/c1-11(2)14-5-4-13(16(22)19-14)17(23)20-9-8-18(24-3)7-6-12(21)10-15(18)20/h4-5,11-12,15,21H,6-10H2,1-3H3,(H,19,22)/t12-,15-,18+/m0/s1. The molecule has 24 heavy (non-hydrogen) atoms. The van der Waals surface area contributed by atoms with E-state index in [4.69, 9.17) is 4.74 Å². The predicted octanol–water partition coefficient (Wildman–Crippen LogP) is 1.64. The molecule has 6 heteroatoms. The minimum atomic E-state index is -0.423. The van der Waals surface area contributed by atoms with Gasteiger partial charge >= 0.3 is 0 Å². The van der Waals surface area contributed by atoms with Gasteiger partial charge in [0.25, 0.3) is 11.5 Å². The van der Waals surface area contributed by atoms with E-state index in [1.165, 1.54) is 0 Å². The van der Waals surface area contributed by atoms with Gasteiger partial charge in [0.1, 0.15) is 5.56 Å². The molecule has 0 radical (unpaired) electrons. The van der Waals surface area contributed by atoms with Crippen molar-refractivity contribution in [1.29, 1.82) is 0 Å². The van der Waals surface area contributed by atoms with Crippen LogP contribution < -0.4 is 5.56 Å². The summed E-state index contributed by atoms with van der Waals surface area (Å²) in [6, 6.07) is 3.24. The lowest BCUT2D eigenvalue weighted by Crippen LogP contribution is -2.53. The van der Waals surface area contributed by atoms with Crippen LogP contribution in [-0.2, 0) is 4.74 Å². The monoisotopic (exact) mass is 334 g/mol. The van der Waals surface area contributed by atoms with E-state index < -0.39 is 6.10 Å². The van der Waals surface area contributed by atoms with E-state index in [0.29, 0.717) is 19.4 Å².